The summed E-state index contributed by atoms with van der Waals surface area (Å²) >= 11 is 0. The van der Waals surface area contributed by atoms with E-state index in [1.807, 2.05) is 62.8 Å². The number of para-hydroxylation sites is 1. The molecule has 184 valence electrons. The van der Waals surface area contributed by atoms with E-state index in [0.29, 0.717) is 36.8 Å². The quantitative estimate of drug-likeness (QED) is 0.261. The molecule has 2 aromatic carbocycles. The molecule has 1 fully saturated rings. The predicted molar refractivity (Wildman–Crippen MR) is 136 cm³/mol. The molecule has 1 atom stereocenters. The first-order valence-corrected chi connectivity index (χ1v) is 12.1. The fourth-order valence-electron chi connectivity index (χ4n) is 4.73. The second kappa shape index (κ2) is 10.3. The fraction of sp³-hybridized carbons (Fsp3) is 0.357. The van der Waals surface area contributed by atoms with E-state index >= 15 is 0 Å². The summed E-state index contributed by atoms with van der Waals surface area (Å²) in [6, 6.07) is 12.3. The number of carbonyl (C=O) groups is 2. The molecule has 7 nitrogen and oxygen atoms in total. The molecule has 35 heavy (non-hydrogen) atoms. The van der Waals surface area contributed by atoms with Crippen molar-refractivity contribution in [1.29, 1.82) is 0 Å². The first-order chi connectivity index (χ1) is 16.9. The highest BCUT2D eigenvalue weighted by Crippen LogP contribution is 2.44. The van der Waals surface area contributed by atoms with E-state index in [4.69, 9.17) is 9.47 Å². The molecular weight excluding hydrogens is 444 g/mol. The number of aliphatic hydroxyl groups is 1. The molecule has 7 heteroatoms. The van der Waals surface area contributed by atoms with Crippen LogP contribution in [0.3, 0.4) is 0 Å². The Kier molecular flexibility index (Phi) is 7.15. The number of ether oxygens (including phenoxy) is 2. The number of ketones is 1. The second-order valence-corrected chi connectivity index (χ2v) is 8.58. The van der Waals surface area contributed by atoms with Crippen molar-refractivity contribution in [3.8, 4) is 11.5 Å². The number of aryl methyl sites for hydroxylation is 1. The minimum absolute atomic E-state index is 0.0765. The van der Waals surface area contributed by atoms with Crippen LogP contribution in [0.25, 0.3) is 16.7 Å². The van der Waals surface area contributed by atoms with Crippen LogP contribution < -0.4 is 9.47 Å². The van der Waals surface area contributed by atoms with E-state index in [0.717, 1.165) is 29.3 Å². The van der Waals surface area contributed by atoms with Crippen molar-refractivity contribution in [2.75, 3.05) is 19.8 Å². The molecule has 1 saturated heterocycles. The molecule has 2 heterocycles. The van der Waals surface area contributed by atoms with Gasteiger partial charge in [-0.05, 0) is 38.5 Å². The summed E-state index contributed by atoms with van der Waals surface area (Å²) in [6.45, 7) is 7.05. The van der Waals surface area contributed by atoms with E-state index in [2.05, 4.69) is 0 Å². The van der Waals surface area contributed by atoms with Crippen LogP contribution >= 0.6 is 0 Å². The minimum Gasteiger partial charge on any atom is -0.507 e. The number of benzene rings is 2. The van der Waals surface area contributed by atoms with Crippen LogP contribution in [0, 0.1) is 0 Å². The Bertz CT molecular complexity index is 1290. The first-order valence-electron chi connectivity index (χ1n) is 12.1. The van der Waals surface area contributed by atoms with E-state index in [9.17, 15) is 14.7 Å². The Morgan fingerprint density at radius 1 is 1.03 bits per heavy atom. The summed E-state index contributed by atoms with van der Waals surface area (Å²) in [6.07, 6.45) is 3.56. The van der Waals surface area contributed by atoms with Crippen molar-refractivity contribution in [2.45, 2.75) is 39.7 Å². The summed E-state index contributed by atoms with van der Waals surface area (Å²) in [7, 11) is 1.93. The molecular formula is C28H32N2O5. The number of hydrogen-bond acceptors (Lipinski definition) is 5. The van der Waals surface area contributed by atoms with Gasteiger partial charge in [0, 0.05) is 42.3 Å². The zero-order chi connectivity index (χ0) is 25.1. The number of fused-ring (bicyclic) bond motifs is 1. The number of rotatable bonds is 9. The van der Waals surface area contributed by atoms with Crippen LogP contribution in [-0.4, -0.2) is 46.0 Å². The van der Waals surface area contributed by atoms with Gasteiger partial charge in [-0.2, -0.15) is 0 Å². The highest BCUT2D eigenvalue weighted by Gasteiger charge is 2.47. The van der Waals surface area contributed by atoms with Gasteiger partial charge in [-0.15, -0.1) is 0 Å². The van der Waals surface area contributed by atoms with Gasteiger partial charge in [0.15, 0.2) is 0 Å². The normalized spacial score (nSPS) is 17.4. The lowest BCUT2D eigenvalue weighted by atomic mass is 9.94. The smallest absolute Gasteiger partial charge is 0.295 e. The monoisotopic (exact) mass is 476 g/mol. The molecule has 0 bridgehead atoms. The van der Waals surface area contributed by atoms with Gasteiger partial charge in [0.2, 0.25) is 0 Å². The molecule has 1 unspecified atom stereocenters. The number of aliphatic hydroxyl groups excluding tert-OH is 1. The maximum atomic E-state index is 13.4. The number of carbonyl (C=O) groups excluding carboxylic acids is 2. The molecule has 1 amide bonds. The third-order valence-electron chi connectivity index (χ3n) is 6.33. The predicted octanol–water partition coefficient (Wildman–Crippen LogP) is 5.20. The van der Waals surface area contributed by atoms with Crippen LogP contribution in [0.4, 0.5) is 0 Å². The Labute approximate surface area is 205 Å². The molecule has 0 radical (unpaired) electrons. The molecule has 4 rings (SSSR count). The van der Waals surface area contributed by atoms with Crippen molar-refractivity contribution in [1.82, 2.24) is 9.47 Å². The molecule has 0 saturated carbocycles. The highest BCUT2D eigenvalue weighted by molar-refractivity contribution is 6.46. The van der Waals surface area contributed by atoms with Crippen molar-refractivity contribution >= 4 is 28.4 Å². The van der Waals surface area contributed by atoms with Gasteiger partial charge in [-0.3, -0.25) is 9.59 Å². The van der Waals surface area contributed by atoms with Gasteiger partial charge in [0.25, 0.3) is 11.7 Å². The molecule has 3 aromatic rings. The Morgan fingerprint density at radius 3 is 2.49 bits per heavy atom. The number of nitrogens with zero attached hydrogens (tertiary/aromatic N) is 2. The molecule has 1 aliphatic heterocycles. The molecule has 1 N–H and O–H groups in total. The summed E-state index contributed by atoms with van der Waals surface area (Å²) in [5, 5.41) is 12.5. The maximum absolute atomic E-state index is 13.4. The van der Waals surface area contributed by atoms with E-state index in [1.165, 1.54) is 0 Å². The average molecular weight is 477 g/mol. The molecule has 0 aliphatic carbocycles. The number of unbranched alkanes of at least 4 members (excludes halogenated alkanes) is 1. The number of likely N-dealkylation sites (tertiary alicyclic amines) is 1. The highest BCUT2D eigenvalue weighted by atomic mass is 16.5. The zero-order valence-electron chi connectivity index (χ0n) is 20.7. The Morgan fingerprint density at radius 2 is 1.77 bits per heavy atom. The van der Waals surface area contributed by atoms with Gasteiger partial charge < -0.3 is 24.0 Å². The summed E-state index contributed by atoms with van der Waals surface area (Å²) < 4.78 is 13.3. The van der Waals surface area contributed by atoms with Crippen molar-refractivity contribution < 1.29 is 24.2 Å². The maximum Gasteiger partial charge on any atom is 0.295 e. The standard InChI is InChI=1S/C28H32N2O5/c1-5-8-15-30-25(21-17-29(4)22-12-10-9-11-19(21)22)24(27(32)28(30)33)26(31)20-14-13-18(34-6-2)16-23(20)35-7-3/h9-14,16-17,25,31H,5-8,15H2,1-4H3/b26-24+. The first kappa shape index (κ1) is 24.4. The van der Waals surface area contributed by atoms with E-state index < -0.39 is 17.7 Å². The lowest BCUT2D eigenvalue weighted by Gasteiger charge is -2.25. The SMILES string of the molecule is CCCCN1C(=O)C(=O)/C(=C(/O)c2ccc(OCC)cc2OCC)C1c1cn(C)c2ccccc12. The van der Waals surface area contributed by atoms with Crippen LogP contribution in [0.1, 0.15) is 50.8 Å². The van der Waals surface area contributed by atoms with Crippen LogP contribution in [0.5, 0.6) is 11.5 Å². The van der Waals surface area contributed by atoms with Crippen LogP contribution in [0.2, 0.25) is 0 Å². The number of amides is 1. The van der Waals surface area contributed by atoms with Gasteiger partial charge in [-0.25, -0.2) is 0 Å². The van der Waals surface area contributed by atoms with Gasteiger partial charge >= 0.3 is 0 Å². The summed E-state index contributed by atoms with van der Waals surface area (Å²) in [5.74, 6) is -0.532. The summed E-state index contributed by atoms with van der Waals surface area (Å²) in [4.78, 5) is 28.2. The Balaban J connectivity index is 1.94. The number of Topliss-reactive ketones (excluding diaryl/α,β-unsaturated/α-hetero) is 1. The third-order valence-corrected chi connectivity index (χ3v) is 6.33. The topological polar surface area (TPSA) is 81.0 Å². The summed E-state index contributed by atoms with van der Waals surface area (Å²) in [5.41, 5.74) is 2.23. The lowest BCUT2D eigenvalue weighted by molar-refractivity contribution is -0.139. The van der Waals surface area contributed by atoms with Crippen LogP contribution in [-0.2, 0) is 16.6 Å². The molecule has 0 spiro atoms. The van der Waals surface area contributed by atoms with Gasteiger partial charge in [0.1, 0.15) is 17.3 Å². The number of hydrogen-bond donors (Lipinski definition) is 1. The van der Waals surface area contributed by atoms with Gasteiger partial charge in [0.05, 0.1) is 30.4 Å². The van der Waals surface area contributed by atoms with E-state index in [-0.39, 0.29) is 11.3 Å². The second-order valence-electron chi connectivity index (χ2n) is 8.58. The van der Waals surface area contributed by atoms with Crippen molar-refractivity contribution in [3.05, 3.63) is 65.4 Å². The molecule has 1 aliphatic rings. The van der Waals surface area contributed by atoms with Crippen molar-refractivity contribution in [3.63, 3.8) is 0 Å². The largest absolute Gasteiger partial charge is 0.507 e. The Hall–Kier alpha value is -3.74. The number of aromatic nitrogens is 1. The van der Waals surface area contributed by atoms with Gasteiger partial charge in [-0.1, -0.05) is 31.5 Å². The van der Waals surface area contributed by atoms with Crippen molar-refractivity contribution in [2.24, 2.45) is 7.05 Å². The third kappa shape index (κ3) is 4.38. The fourth-order valence-corrected chi connectivity index (χ4v) is 4.73. The minimum atomic E-state index is -0.700. The zero-order valence-corrected chi connectivity index (χ0v) is 20.7. The lowest BCUT2D eigenvalue weighted by Crippen LogP contribution is -2.30. The van der Waals surface area contributed by atoms with E-state index in [1.54, 1.807) is 23.1 Å². The van der Waals surface area contributed by atoms with Crippen LogP contribution in [0.15, 0.2) is 54.2 Å². The molecule has 1 aromatic heterocycles. The average Bonchev–Trinajstić information content (AvgIpc) is 3.31.